The van der Waals surface area contributed by atoms with E-state index in [9.17, 15) is 15.3 Å². The lowest BCUT2D eigenvalue weighted by Gasteiger charge is -2.35. The van der Waals surface area contributed by atoms with Gasteiger partial charge in [0.05, 0.1) is 0 Å². The van der Waals surface area contributed by atoms with Gasteiger partial charge in [-0.15, -0.1) is 12.4 Å². The number of hydrogen-bond donors (Lipinski definition) is 3. The Kier molecular flexibility index (Phi) is 15.6. The monoisotopic (exact) mass is 906 g/mol. The molecule has 0 unspecified atom stereocenters. The van der Waals surface area contributed by atoms with E-state index in [1.165, 1.54) is 80.5 Å². The van der Waals surface area contributed by atoms with Crippen molar-refractivity contribution in [1.82, 2.24) is 9.80 Å². The highest BCUT2D eigenvalue weighted by Crippen LogP contribution is 2.49. The molecule has 2 fully saturated rings. The number of ether oxygens (including phenoxy) is 3. The third-order valence-electron chi connectivity index (χ3n) is 13.7. The summed E-state index contributed by atoms with van der Waals surface area (Å²) in [5, 5.41) is 29.8. The fourth-order valence-corrected chi connectivity index (χ4v) is 10.3. The van der Waals surface area contributed by atoms with E-state index in [-0.39, 0.29) is 35.9 Å². The number of phenols is 3. The van der Waals surface area contributed by atoms with Gasteiger partial charge in [0, 0.05) is 36.2 Å². The zero-order chi connectivity index (χ0) is 44.5. The zero-order valence-electron chi connectivity index (χ0n) is 38.0. The van der Waals surface area contributed by atoms with Crippen LogP contribution in [0.5, 0.6) is 34.5 Å². The summed E-state index contributed by atoms with van der Waals surface area (Å²) in [5.74, 6) is 3.93. The number of likely N-dealkylation sites (tertiary alicyclic amines) is 2. The van der Waals surface area contributed by atoms with Gasteiger partial charge in [0.15, 0.2) is 0 Å². The van der Waals surface area contributed by atoms with E-state index in [0.29, 0.717) is 24.0 Å². The van der Waals surface area contributed by atoms with Crippen LogP contribution < -0.4 is 14.2 Å². The Hall–Kier alpha value is -5.93. The van der Waals surface area contributed by atoms with Crippen LogP contribution >= 0.6 is 12.4 Å². The minimum Gasteiger partial charge on any atom is -0.508 e. The normalized spacial score (nSPS) is 19.3. The number of piperidine rings is 1. The summed E-state index contributed by atoms with van der Waals surface area (Å²) in [6.45, 7) is 10.2. The highest BCUT2D eigenvalue weighted by Gasteiger charge is 2.33. The molecule has 0 bridgehead atoms. The predicted molar refractivity (Wildman–Crippen MR) is 267 cm³/mol. The molecule has 3 heterocycles. The molecule has 2 saturated heterocycles. The first-order valence-corrected chi connectivity index (χ1v) is 23.6. The summed E-state index contributed by atoms with van der Waals surface area (Å²) in [5.41, 5.74) is 10.4. The van der Waals surface area contributed by atoms with Crippen LogP contribution in [0, 0.1) is 0 Å². The van der Waals surface area contributed by atoms with Crippen molar-refractivity contribution in [2.75, 3.05) is 52.5 Å². The molecule has 10 rings (SSSR count). The molecule has 6 aromatic rings. The van der Waals surface area contributed by atoms with Crippen LogP contribution in [0.4, 0.5) is 0 Å². The lowest BCUT2D eigenvalue weighted by Crippen LogP contribution is -2.33. The second-order valence-corrected chi connectivity index (χ2v) is 18.0. The molecular weight excluding hydrogens is 844 g/mol. The van der Waals surface area contributed by atoms with Gasteiger partial charge in [0.1, 0.15) is 53.8 Å². The molecular formula is C57H63ClN2O6. The van der Waals surface area contributed by atoms with E-state index in [1.54, 1.807) is 24.3 Å². The number of aromatic hydroxyl groups is 3. The van der Waals surface area contributed by atoms with E-state index in [0.717, 1.165) is 71.9 Å². The summed E-state index contributed by atoms with van der Waals surface area (Å²) in [6.07, 6.45) is 8.28. The lowest BCUT2D eigenvalue weighted by molar-refractivity contribution is 0.183. The minimum absolute atomic E-state index is 0. The van der Waals surface area contributed by atoms with Crippen molar-refractivity contribution in [3.05, 3.63) is 178 Å². The maximum absolute atomic E-state index is 10.0. The van der Waals surface area contributed by atoms with Crippen LogP contribution in [0.2, 0.25) is 0 Å². The van der Waals surface area contributed by atoms with Crippen molar-refractivity contribution >= 4 is 23.6 Å². The number of benzene rings is 6. The van der Waals surface area contributed by atoms with Crippen molar-refractivity contribution in [2.45, 2.75) is 69.8 Å². The Morgan fingerprint density at radius 3 is 1.77 bits per heavy atom. The number of fused-ring (bicyclic) bond motifs is 2. The van der Waals surface area contributed by atoms with Crippen molar-refractivity contribution in [1.29, 1.82) is 0 Å². The van der Waals surface area contributed by atoms with Crippen LogP contribution in [0.15, 0.2) is 140 Å². The Balaban J connectivity index is 0.000000177. The summed E-state index contributed by atoms with van der Waals surface area (Å²) < 4.78 is 18.5. The largest absolute Gasteiger partial charge is 0.508 e. The molecule has 0 saturated carbocycles. The topological polar surface area (TPSA) is 94.9 Å². The van der Waals surface area contributed by atoms with E-state index in [1.807, 2.05) is 54.6 Å². The quantitative estimate of drug-likeness (QED) is 0.112. The van der Waals surface area contributed by atoms with Crippen LogP contribution in [0.1, 0.15) is 102 Å². The highest BCUT2D eigenvalue weighted by molar-refractivity contribution is 5.95. The van der Waals surface area contributed by atoms with Gasteiger partial charge in [-0.2, -0.15) is 0 Å². The first-order valence-electron chi connectivity index (χ1n) is 23.6. The van der Waals surface area contributed by atoms with Gasteiger partial charge in [0.2, 0.25) is 0 Å². The number of allylic oxidation sites excluding steroid dienone is 1. The van der Waals surface area contributed by atoms with Crippen molar-refractivity contribution in [3.8, 4) is 34.5 Å². The van der Waals surface area contributed by atoms with Gasteiger partial charge in [-0.1, -0.05) is 79.2 Å². The van der Waals surface area contributed by atoms with Crippen molar-refractivity contribution < 1.29 is 29.5 Å². The second kappa shape index (κ2) is 22.0. The molecule has 9 heteroatoms. The minimum atomic E-state index is -0.346. The van der Waals surface area contributed by atoms with Crippen molar-refractivity contribution in [2.24, 2.45) is 0 Å². The maximum atomic E-state index is 10.0. The zero-order valence-corrected chi connectivity index (χ0v) is 38.8. The fraction of sp³-hybridized carbons (Fsp3) is 0.333. The van der Waals surface area contributed by atoms with E-state index < -0.39 is 0 Å². The molecule has 0 radical (unpaired) electrons. The molecule has 66 heavy (non-hydrogen) atoms. The Bertz CT molecular complexity index is 2520. The van der Waals surface area contributed by atoms with Gasteiger partial charge in [-0.3, -0.25) is 9.80 Å². The van der Waals surface area contributed by atoms with Crippen LogP contribution in [0.25, 0.3) is 11.1 Å². The van der Waals surface area contributed by atoms with E-state index in [4.69, 9.17) is 14.2 Å². The molecule has 3 atom stereocenters. The van der Waals surface area contributed by atoms with Gasteiger partial charge in [-0.05, 0) is 177 Å². The number of rotatable bonds is 12. The smallest absolute Gasteiger partial charge is 0.150 e. The Morgan fingerprint density at radius 2 is 1.14 bits per heavy atom. The number of phenolic OH excluding ortho intramolecular Hbond substituents is 3. The third kappa shape index (κ3) is 11.2. The van der Waals surface area contributed by atoms with E-state index in [2.05, 4.69) is 77.4 Å². The maximum Gasteiger partial charge on any atom is 0.150 e. The molecule has 0 spiro atoms. The molecule has 8 nitrogen and oxygen atoms in total. The molecule has 3 N–H and O–H groups in total. The van der Waals surface area contributed by atoms with Crippen LogP contribution in [0.3, 0.4) is 0 Å². The number of nitrogens with zero attached hydrogens (tertiary/aromatic N) is 2. The predicted octanol–water partition coefficient (Wildman–Crippen LogP) is 12.2. The molecule has 0 aromatic heterocycles. The molecule has 3 aliphatic heterocycles. The average molecular weight is 908 g/mol. The number of aryl methyl sites for hydroxylation is 1. The molecule has 1 aliphatic carbocycles. The number of halogens is 1. The highest BCUT2D eigenvalue weighted by atomic mass is 35.5. The Labute approximate surface area is 396 Å². The summed E-state index contributed by atoms with van der Waals surface area (Å²) in [7, 11) is 0. The summed E-state index contributed by atoms with van der Waals surface area (Å²) in [4.78, 5) is 4.95. The fourth-order valence-electron chi connectivity index (χ4n) is 10.3. The SMILES string of the molecule is CC1=C(c2ccc(O)cc2)[C@H](c2ccc(OCCN3CCCCC3)cc2)Oc2cc(O)ccc21.Cl.Oc1ccc2c(c1)CC[C@H](c1ccccc1)[C@@H]2c1ccc(OCCN2CCCC2)cc1. The molecule has 0 amide bonds. The first kappa shape index (κ1) is 46.6. The van der Waals surface area contributed by atoms with Gasteiger partial charge in [-0.25, -0.2) is 0 Å². The molecule has 344 valence electrons. The summed E-state index contributed by atoms with van der Waals surface area (Å²) in [6, 6.07) is 46.0. The standard InChI is InChI=1S/C29H31NO4.C28H31NO2.ClH/c1-20-26-14-11-24(32)19-27(26)34-29(28(20)21-5-9-23(31)10-6-21)22-7-12-25(13-8-22)33-18-17-30-15-3-2-4-16-30;30-24-11-15-27-23(20-24)10-14-26(21-6-2-1-3-7-21)28(27)22-8-12-25(13-9-22)31-19-18-29-16-4-5-17-29;/h5-14,19,29,31-32H,2-4,15-18H2,1H3;1-3,6-9,11-13,15,20,26,28,30H,4-5,10,14,16-19H2;1H/t29-;26-,28+;/m01./s1. The molecule has 6 aromatic carbocycles. The number of hydrogen-bond acceptors (Lipinski definition) is 8. The first-order chi connectivity index (χ1) is 31.9. The average Bonchev–Trinajstić information content (AvgIpc) is 3.86. The Morgan fingerprint density at radius 1 is 0.576 bits per heavy atom. The lowest BCUT2D eigenvalue weighted by atomic mass is 9.69. The molecule has 4 aliphatic rings. The van der Waals surface area contributed by atoms with Gasteiger partial charge < -0.3 is 29.5 Å². The second-order valence-electron chi connectivity index (χ2n) is 18.0. The van der Waals surface area contributed by atoms with Crippen LogP contribution in [-0.4, -0.2) is 77.6 Å². The van der Waals surface area contributed by atoms with Crippen LogP contribution in [-0.2, 0) is 6.42 Å². The van der Waals surface area contributed by atoms with Gasteiger partial charge >= 0.3 is 0 Å². The summed E-state index contributed by atoms with van der Waals surface area (Å²) >= 11 is 0. The van der Waals surface area contributed by atoms with E-state index >= 15 is 0 Å². The van der Waals surface area contributed by atoms with Crippen molar-refractivity contribution in [3.63, 3.8) is 0 Å². The third-order valence-corrected chi connectivity index (χ3v) is 13.7. The van der Waals surface area contributed by atoms with Gasteiger partial charge in [0.25, 0.3) is 0 Å².